The molecule has 0 saturated heterocycles. The van der Waals surface area contributed by atoms with E-state index in [-0.39, 0.29) is 6.92 Å². The Morgan fingerprint density at radius 3 is 1.24 bits per heavy atom. The first kappa shape index (κ1) is 52.5. The summed E-state index contributed by atoms with van der Waals surface area (Å²) < 4.78 is 352. The molecule has 1 unspecified atom stereocenters. The number of amides is 1. The Bertz CT molecular complexity index is 1420. The van der Waals surface area contributed by atoms with Crippen LogP contribution in [0.2, 0.25) is 0 Å². The van der Waals surface area contributed by atoms with Gasteiger partial charge in [-0.15, -0.1) is 0 Å². The first-order chi connectivity index (χ1) is 23.8. The zero-order valence-corrected chi connectivity index (χ0v) is 27.5. The molecule has 0 aliphatic heterocycles. The lowest BCUT2D eigenvalue weighted by Crippen LogP contribution is -2.70. The number of alkyl halides is 23. The zero-order chi connectivity index (χ0) is 44.6. The molecule has 1 amide bonds. The summed E-state index contributed by atoms with van der Waals surface area (Å²) in [6, 6.07) is 0. The second-order valence-electron chi connectivity index (χ2n) is 11.3. The van der Waals surface area contributed by atoms with E-state index in [9.17, 15) is 114 Å². The summed E-state index contributed by atoms with van der Waals surface area (Å²) in [5, 5.41) is 1.63. The largest absolute Gasteiger partial charge is 0.460 e. The number of hydrogen-bond donors (Lipinski definition) is 2. The van der Waals surface area contributed by atoms with Crippen LogP contribution in [-0.2, 0) is 24.3 Å². The summed E-state index contributed by atoms with van der Waals surface area (Å²) in [7, 11) is -4.64. The minimum atomic E-state index is -8.33. The van der Waals surface area contributed by atoms with Gasteiger partial charge in [-0.3, -0.25) is 4.55 Å². The molecule has 0 aromatic heterocycles. The highest BCUT2D eigenvalue weighted by molar-refractivity contribution is 7.85. The number of hydrogen-bond acceptors (Lipinski definition) is 6. The van der Waals surface area contributed by atoms with Gasteiger partial charge in [0.2, 0.25) is 0 Å². The first-order valence-electron chi connectivity index (χ1n) is 13.7. The molecule has 55 heavy (non-hydrogen) atoms. The van der Waals surface area contributed by atoms with Crippen molar-refractivity contribution in [2.75, 3.05) is 32.1 Å². The van der Waals surface area contributed by atoms with Crippen molar-refractivity contribution in [2.45, 2.75) is 104 Å². The van der Waals surface area contributed by atoms with Crippen molar-refractivity contribution < 1.29 is 133 Å². The van der Waals surface area contributed by atoms with Gasteiger partial charge in [0.15, 0.2) is 5.79 Å². The van der Waals surface area contributed by atoms with Crippen molar-refractivity contribution in [1.82, 2.24) is 5.32 Å². The summed E-state index contributed by atoms with van der Waals surface area (Å²) in [5.74, 6) is -78.8. The third-order valence-electron chi connectivity index (χ3n) is 6.76. The minimum Gasteiger partial charge on any atom is -0.444 e. The average molecular weight is 895 g/mol. The van der Waals surface area contributed by atoms with Gasteiger partial charge in [0.05, 0.1) is 19.0 Å². The van der Waals surface area contributed by atoms with Gasteiger partial charge in [-0.2, -0.15) is 109 Å². The molecule has 2 N–H and O–H groups in total. The number of alkyl carbamates (subject to hydrolysis) is 1. The normalized spacial score (nSPS) is 16.5. The van der Waals surface area contributed by atoms with E-state index >= 15 is 0 Å². The Hall–Kier alpha value is -2.51. The molecule has 0 aliphatic rings. The molecule has 0 aromatic carbocycles. The third kappa shape index (κ3) is 10.7. The van der Waals surface area contributed by atoms with Gasteiger partial charge in [-0.05, 0) is 13.3 Å². The first-order valence-corrected chi connectivity index (χ1v) is 15.4. The fourth-order valence-electron chi connectivity index (χ4n) is 3.43. The highest BCUT2D eigenvalue weighted by atomic mass is 32.2. The van der Waals surface area contributed by atoms with Gasteiger partial charge < -0.3 is 19.5 Å². The van der Waals surface area contributed by atoms with Gasteiger partial charge in [-0.25, -0.2) is 4.79 Å². The summed E-state index contributed by atoms with van der Waals surface area (Å²) in [6.45, 7) is -8.40. The van der Waals surface area contributed by atoms with Gasteiger partial charge >= 0.3 is 71.5 Å². The molecule has 32 heteroatoms. The zero-order valence-electron chi connectivity index (χ0n) is 26.7. The fourth-order valence-corrected chi connectivity index (χ4v) is 3.94. The lowest BCUT2D eigenvalue weighted by atomic mass is 9.93. The van der Waals surface area contributed by atoms with Crippen LogP contribution in [0.4, 0.5) is 106 Å². The summed E-state index contributed by atoms with van der Waals surface area (Å²) in [5.41, 5.74) is 0. The smallest absolute Gasteiger partial charge is 0.444 e. The van der Waals surface area contributed by atoms with Crippen LogP contribution in [0.5, 0.6) is 0 Å². The topological polar surface area (TPSA) is 111 Å². The van der Waals surface area contributed by atoms with Crippen LogP contribution in [0.3, 0.4) is 0 Å². The predicted octanol–water partition coefficient (Wildman–Crippen LogP) is 8.46. The lowest BCUT2D eigenvalue weighted by Gasteiger charge is -2.40. The third-order valence-corrected chi connectivity index (χ3v) is 7.56. The van der Waals surface area contributed by atoms with Gasteiger partial charge in [0.25, 0.3) is 10.1 Å². The van der Waals surface area contributed by atoms with E-state index in [2.05, 4.69) is 14.2 Å². The minimum absolute atomic E-state index is 0.109. The second-order valence-corrected chi connectivity index (χ2v) is 12.9. The van der Waals surface area contributed by atoms with Crippen LogP contribution in [0.25, 0.3) is 0 Å². The van der Waals surface area contributed by atoms with Crippen molar-refractivity contribution >= 4 is 16.2 Å². The molecule has 0 bridgehead atoms. The standard InChI is InChI=1S/C23H24F23NO7S/c1-12(10-52-11(48)47-6-3-9-55(49,50)51,53-7-4-14(26,27)17(32,33)19(36,37)16(30,31)13(2,24)25)54-8-5-15(28,29)18(34,35)20(38,39)21(40,41)22(42,43)23(44,45)46/h3-10H2,1-2H3,(H,47,48)(H,49,50,51). The van der Waals surface area contributed by atoms with Crippen LogP contribution in [0.15, 0.2) is 0 Å². The predicted molar refractivity (Wildman–Crippen MR) is 131 cm³/mol. The van der Waals surface area contributed by atoms with Crippen molar-refractivity contribution in [3.63, 3.8) is 0 Å². The maximum atomic E-state index is 14.2. The second kappa shape index (κ2) is 16.0. The van der Waals surface area contributed by atoms with Crippen molar-refractivity contribution in [1.29, 1.82) is 0 Å². The molecule has 0 rings (SSSR count). The van der Waals surface area contributed by atoms with E-state index in [1.165, 1.54) is 0 Å². The van der Waals surface area contributed by atoms with E-state index in [1.54, 1.807) is 5.32 Å². The Kier molecular flexibility index (Phi) is 15.3. The summed E-state index contributed by atoms with van der Waals surface area (Å²) in [6.07, 6.45) is -16.4. The number of rotatable bonds is 22. The molecule has 330 valence electrons. The van der Waals surface area contributed by atoms with Gasteiger partial charge in [-0.1, -0.05) is 0 Å². The fraction of sp³-hybridized carbons (Fsp3) is 0.957. The monoisotopic (exact) mass is 895 g/mol. The Morgan fingerprint density at radius 2 is 0.909 bits per heavy atom. The molecule has 0 radical (unpaired) electrons. The lowest BCUT2D eigenvalue weighted by molar-refractivity contribution is -0.440. The van der Waals surface area contributed by atoms with Crippen LogP contribution in [-0.4, -0.2) is 122 Å². The number of carbonyl (C=O) groups is 1. The number of ether oxygens (including phenoxy) is 3. The molecule has 8 nitrogen and oxygen atoms in total. The quantitative estimate of drug-likeness (QED) is 0.0486. The van der Waals surface area contributed by atoms with Crippen molar-refractivity contribution in [2.24, 2.45) is 0 Å². The van der Waals surface area contributed by atoms with Gasteiger partial charge in [0, 0.05) is 26.3 Å². The van der Waals surface area contributed by atoms with Crippen LogP contribution < -0.4 is 5.32 Å². The van der Waals surface area contributed by atoms with E-state index in [0.29, 0.717) is 0 Å². The number of carbonyl (C=O) groups excluding carboxylic acids is 1. The summed E-state index contributed by atoms with van der Waals surface area (Å²) in [4.78, 5) is 11.8. The molecular weight excluding hydrogens is 871 g/mol. The van der Waals surface area contributed by atoms with Crippen LogP contribution in [0, 0.1) is 0 Å². The number of halogens is 23. The van der Waals surface area contributed by atoms with Crippen LogP contribution in [0.1, 0.15) is 33.1 Å². The average Bonchev–Trinajstić information content (AvgIpc) is 2.95. The van der Waals surface area contributed by atoms with E-state index in [0.717, 1.165) is 0 Å². The van der Waals surface area contributed by atoms with Crippen molar-refractivity contribution in [3.05, 3.63) is 0 Å². The van der Waals surface area contributed by atoms with Gasteiger partial charge in [0.1, 0.15) is 6.61 Å². The van der Waals surface area contributed by atoms with E-state index in [4.69, 9.17) is 4.55 Å². The number of nitrogens with one attached hydrogen (secondary N) is 1. The molecule has 1 atom stereocenters. The highest BCUT2D eigenvalue weighted by Crippen LogP contribution is 2.61. The molecule has 0 spiro atoms. The highest BCUT2D eigenvalue weighted by Gasteiger charge is 2.90. The van der Waals surface area contributed by atoms with Crippen LogP contribution >= 0.6 is 0 Å². The molecule has 0 aliphatic carbocycles. The SMILES string of the molecule is CC(COC(=O)NCCCS(=O)(=O)O)(OCCC(F)(F)C(F)(F)C(F)(F)C(F)(F)C(C)(F)F)OCCC(F)(F)C(F)(F)C(F)(F)C(F)(F)C(F)(F)C(F)(F)F. The maximum absolute atomic E-state index is 14.2. The van der Waals surface area contributed by atoms with Crippen molar-refractivity contribution in [3.8, 4) is 0 Å². The summed E-state index contributed by atoms with van der Waals surface area (Å²) >= 11 is 0. The Balaban J connectivity index is 6.37. The molecular formula is C23H24F23NO7S. The Labute approximate surface area is 291 Å². The molecule has 0 fully saturated rings. The molecule has 0 saturated carbocycles. The van der Waals surface area contributed by atoms with E-state index in [1.807, 2.05) is 0 Å². The Morgan fingerprint density at radius 1 is 0.564 bits per heavy atom. The maximum Gasteiger partial charge on any atom is 0.460 e. The molecule has 0 aromatic rings. The molecule has 0 heterocycles. The van der Waals surface area contributed by atoms with E-state index < -0.39 is 146 Å².